The first kappa shape index (κ1) is 18.5. The van der Waals surface area contributed by atoms with E-state index in [0.29, 0.717) is 0 Å². The van der Waals surface area contributed by atoms with Gasteiger partial charge in [-0.15, -0.1) is 24.8 Å². The van der Waals surface area contributed by atoms with E-state index in [2.05, 4.69) is 52.9 Å². The molecule has 1 rings (SSSR count). The van der Waals surface area contributed by atoms with E-state index in [1.807, 2.05) is 0 Å². The van der Waals surface area contributed by atoms with E-state index < -0.39 is 12.9 Å². The first-order valence-corrected chi connectivity index (χ1v) is 27.2. The Labute approximate surface area is 99.5 Å². The third kappa shape index (κ3) is 5.35. The molecule has 0 unspecified atom stereocenters. The van der Waals surface area contributed by atoms with Crippen LogP contribution in [0.5, 0.6) is 0 Å². The topological polar surface area (TPSA) is 0 Å². The summed E-state index contributed by atoms with van der Waals surface area (Å²) in [5.41, 5.74) is 0. The molecule has 15 heavy (non-hydrogen) atoms. The zero-order valence-electron chi connectivity index (χ0n) is 11.0. The molecule has 0 aromatic rings. The van der Waals surface area contributed by atoms with E-state index in [1.54, 1.807) is 3.28 Å². The third-order valence-corrected chi connectivity index (χ3v) is 17.1. The Morgan fingerprint density at radius 3 is 1.53 bits per heavy atom. The van der Waals surface area contributed by atoms with Crippen LogP contribution >= 0.6 is 24.8 Å². The summed E-state index contributed by atoms with van der Waals surface area (Å²) in [5, 5.41) is 0. The molecule has 0 aliphatic heterocycles. The van der Waals surface area contributed by atoms with Crippen LogP contribution in [0.15, 0.2) is 21.5 Å². The van der Waals surface area contributed by atoms with Crippen molar-refractivity contribution in [3.63, 3.8) is 0 Å². The molecule has 0 aromatic carbocycles. The van der Waals surface area contributed by atoms with Crippen molar-refractivity contribution in [2.75, 3.05) is 0 Å². The summed E-state index contributed by atoms with van der Waals surface area (Å²) in [7, 11) is 0. The number of hydrogen-bond acceptors (Lipinski definition) is 0. The van der Waals surface area contributed by atoms with Gasteiger partial charge in [-0.05, 0) is 0 Å². The second-order valence-electron chi connectivity index (χ2n) is 12.6. The van der Waals surface area contributed by atoms with Gasteiger partial charge in [-0.2, -0.15) is 0 Å². The summed E-state index contributed by atoms with van der Waals surface area (Å²) in [6.45, 7) is 2.27. The Balaban J connectivity index is 0. The monoisotopic (exact) mass is 347 g/mol. The second kappa shape index (κ2) is 2.32. The van der Waals surface area contributed by atoms with E-state index in [-0.39, 0.29) is 24.8 Å². The van der Waals surface area contributed by atoms with Crippen LogP contribution in [0.4, 0.5) is 0 Å². The van der Waals surface area contributed by atoms with Crippen molar-refractivity contribution < 1.29 is 12.9 Å². The number of rotatable bonds is 1. The predicted octanol–water partition coefficient (Wildman–Crippen LogP) is 4.81. The summed E-state index contributed by atoms with van der Waals surface area (Å²) < 4.78 is 16.8. The van der Waals surface area contributed by atoms with Crippen molar-refractivity contribution in [3.8, 4) is 0 Å². The molecule has 0 nitrogen and oxygen atoms in total. The minimum atomic E-state index is -3.84. The second-order valence-corrected chi connectivity index (χ2v) is 96.9. The normalized spacial score (nSPS) is 25.6. The van der Waals surface area contributed by atoms with Gasteiger partial charge in [0.25, 0.3) is 0 Å². The quantitative estimate of drug-likeness (QED) is 0.596. The molecule has 1 aliphatic rings. The zero-order valence-corrected chi connectivity index (χ0v) is 16.5. The van der Waals surface area contributed by atoms with Gasteiger partial charge in [-0.1, -0.05) is 0 Å². The van der Waals surface area contributed by atoms with E-state index in [0.717, 1.165) is 6.42 Å². The molecule has 0 spiro atoms. The molecule has 0 atom stereocenters. The summed E-state index contributed by atoms with van der Waals surface area (Å²) in [6, 6.07) is 0. The summed E-state index contributed by atoms with van der Waals surface area (Å²) in [5.74, 6) is 0. The first-order chi connectivity index (χ1) is 5.00. The van der Waals surface area contributed by atoms with Gasteiger partial charge in [0, 0.05) is 0 Å². The van der Waals surface area contributed by atoms with Crippen LogP contribution < -0.4 is 0 Å². The van der Waals surface area contributed by atoms with Crippen molar-refractivity contribution in [1.82, 2.24) is 0 Å². The molecule has 0 fully saturated rings. The Morgan fingerprint density at radius 2 is 1.40 bits per heavy atom. The first-order valence-electron chi connectivity index (χ1n) is 5.32. The van der Waals surface area contributed by atoms with Crippen molar-refractivity contribution in [2.45, 2.75) is 34.2 Å². The Hall–Kier alpha value is 1.16. The van der Waals surface area contributed by atoms with Crippen LogP contribution in [0.2, 0.25) is 27.8 Å². The molecule has 0 radical (unpaired) electrons. The number of hydrogen-bond donors (Lipinski definition) is 0. The van der Waals surface area contributed by atoms with Gasteiger partial charge in [0.2, 0.25) is 0 Å². The Bertz CT molecular complexity index is 454. The molecule has 0 amide bonds. The average molecular weight is 350 g/mol. The van der Waals surface area contributed by atoms with Crippen molar-refractivity contribution in [1.29, 1.82) is 0 Å². The standard InChI is InChI=1S/C5H5.6CH3.2ClH.H2Si.Zr/c1-2-4-5-3-1;;;;;;;;;;/h1-3H,4H2;6*1H3;2*1H;1H2;. The van der Waals surface area contributed by atoms with Gasteiger partial charge in [-0.3, -0.25) is 0 Å². The molecular weight excluding hydrogens is 322 g/mol. The summed E-state index contributed by atoms with van der Waals surface area (Å²) in [4.78, 5) is 0. The molecule has 1 aliphatic carbocycles. The molecular formula is C11H27Cl2SiZr. The molecule has 0 N–H and O–H groups in total. The van der Waals surface area contributed by atoms with Gasteiger partial charge < -0.3 is 0 Å². The predicted molar refractivity (Wildman–Crippen MR) is 80.1 cm³/mol. The SMILES string of the molecule is Cl.Cl.[CH3][Zr]([CH3])([CH3])([CH3])([CH3])([CH3])(=[SiH2])[C]1=CC=CC1. The third-order valence-electron chi connectivity index (χ3n) is 2.93. The molecule has 0 aromatic heterocycles. The Kier molecular flexibility index (Phi) is 2.87. The van der Waals surface area contributed by atoms with Gasteiger partial charge in [0.05, 0.1) is 0 Å². The molecule has 0 saturated carbocycles. The molecule has 93 valence electrons. The van der Waals surface area contributed by atoms with Crippen molar-refractivity contribution >= 4 is 31.7 Å². The van der Waals surface area contributed by atoms with Crippen LogP contribution in [0.3, 0.4) is 0 Å². The van der Waals surface area contributed by atoms with Crippen LogP contribution in [-0.2, 0) is 12.9 Å². The number of halogens is 2. The fourth-order valence-corrected chi connectivity index (χ4v) is 9.88. The number of allylic oxidation sites excluding steroid dienone is 4. The van der Waals surface area contributed by atoms with Gasteiger partial charge in [-0.25, -0.2) is 0 Å². The molecule has 0 bridgehead atoms. The fraction of sp³-hybridized carbons (Fsp3) is 0.636. The summed E-state index contributed by atoms with van der Waals surface area (Å²) >= 11 is -3.84. The van der Waals surface area contributed by atoms with E-state index >= 15 is 0 Å². The zero-order chi connectivity index (χ0) is 10.8. The van der Waals surface area contributed by atoms with Gasteiger partial charge in [0.15, 0.2) is 0 Å². The minimum absolute atomic E-state index is 0. The van der Waals surface area contributed by atoms with Crippen molar-refractivity contribution in [2.24, 2.45) is 0 Å². The van der Waals surface area contributed by atoms with Crippen LogP contribution in [0.1, 0.15) is 6.42 Å². The van der Waals surface area contributed by atoms with Crippen LogP contribution in [-0.4, -0.2) is 6.88 Å². The van der Waals surface area contributed by atoms with Crippen molar-refractivity contribution in [3.05, 3.63) is 21.5 Å². The van der Waals surface area contributed by atoms with Gasteiger partial charge in [0.1, 0.15) is 0 Å². The van der Waals surface area contributed by atoms with Crippen LogP contribution in [0, 0.1) is 0 Å². The maximum absolute atomic E-state index is 3.84. The fourth-order valence-electron chi connectivity index (χ4n) is 1.69. The average Bonchev–Trinajstić information content (AvgIpc) is 1.97. The molecule has 0 saturated heterocycles. The molecule has 0 heterocycles. The molecule has 4 heteroatoms. The summed E-state index contributed by atoms with van der Waals surface area (Å²) in [6.07, 6.45) is 7.99. The van der Waals surface area contributed by atoms with E-state index in [9.17, 15) is 0 Å². The van der Waals surface area contributed by atoms with E-state index in [4.69, 9.17) is 0 Å². The van der Waals surface area contributed by atoms with E-state index in [1.165, 1.54) is 0 Å². The van der Waals surface area contributed by atoms with Crippen LogP contribution in [0.25, 0.3) is 0 Å². The maximum atomic E-state index is 2.53. The van der Waals surface area contributed by atoms with Gasteiger partial charge >= 0.3 is 75.5 Å². The Morgan fingerprint density at radius 1 is 1.00 bits per heavy atom.